The van der Waals surface area contributed by atoms with Gasteiger partial charge in [0.25, 0.3) is 0 Å². The quantitative estimate of drug-likeness (QED) is 0.160. The van der Waals surface area contributed by atoms with Gasteiger partial charge in [0, 0.05) is 34.7 Å². The van der Waals surface area contributed by atoms with Crippen LogP contribution in [0.2, 0.25) is 0 Å². The second-order valence-corrected chi connectivity index (χ2v) is 16.4. The van der Waals surface area contributed by atoms with Crippen molar-refractivity contribution in [2.45, 2.75) is 93.9 Å². The van der Waals surface area contributed by atoms with Gasteiger partial charge in [-0.25, -0.2) is 9.67 Å². The number of benzene rings is 4. The van der Waals surface area contributed by atoms with Crippen molar-refractivity contribution < 1.29 is 4.74 Å². The van der Waals surface area contributed by atoms with Crippen LogP contribution in [0.1, 0.15) is 93.6 Å². The number of ether oxygens (including phenoxy) is 1. The van der Waals surface area contributed by atoms with Gasteiger partial charge < -0.3 is 4.74 Å². The zero-order chi connectivity index (χ0) is 37.1. The minimum Gasteiger partial charge on any atom is -0.457 e. The molecule has 0 fully saturated rings. The highest BCUT2D eigenvalue weighted by Gasteiger charge is 2.25. The lowest BCUT2D eigenvalue weighted by Gasteiger charge is -2.22. The molecule has 3 heterocycles. The Morgan fingerprint density at radius 3 is 2.12 bits per heavy atom. The van der Waals surface area contributed by atoms with Gasteiger partial charge in [0.15, 0.2) is 0 Å². The Balaban J connectivity index is 1.37. The van der Waals surface area contributed by atoms with Crippen LogP contribution >= 0.6 is 0 Å². The van der Waals surface area contributed by atoms with Crippen LogP contribution in [0.3, 0.4) is 0 Å². The second-order valence-electron chi connectivity index (χ2n) is 16.4. The van der Waals surface area contributed by atoms with Crippen LogP contribution in [-0.4, -0.2) is 19.3 Å². The lowest BCUT2D eigenvalue weighted by molar-refractivity contribution is 0.478. The van der Waals surface area contributed by atoms with Gasteiger partial charge >= 0.3 is 0 Å². The van der Waals surface area contributed by atoms with Crippen molar-refractivity contribution in [1.29, 1.82) is 0 Å². The first kappa shape index (κ1) is 35.3. The fraction of sp³-hybridized carbons (Fsp3) is 0.319. The molecule has 0 amide bonds. The van der Waals surface area contributed by atoms with E-state index in [4.69, 9.17) is 14.8 Å². The van der Waals surface area contributed by atoms with Crippen molar-refractivity contribution in [1.82, 2.24) is 19.3 Å². The summed E-state index contributed by atoms with van der Waals surface area (Å²) in [5.74, 6) is 3.29. The second kappa shape index (κ2) is 13.4. The number of aromatic nitrogens is 4. The van der Waals surface area contributed by atoms with Gasteiger partial charge in [0.2, 0.25) is 0 Å². The van der Waals surface area contributed by atoms with E-state index >= 15 is 0 Å². The topological polar surface area (TPSA) is 44.9 Å². The first-order chi connectivity index (χ1) is 24.7. The third kappa shape index (κ3) is 6.53. The van der Waals surface area contributed by atoms with E-state index in [0.29, 0.717) is 5.92 Å². The Morgan fingerprint density at radius 2 is 1.42 bits per heavy atom. The number of aryl methyl sites for hydroxylation is 4. The molecular formula is C47H52N4O. The average molecular weight is 689 g/mol. The Kier molecular flexibility index (Phi) is 9.10. The number of pyridine rings is 1. The van der Waals surface area contributed by atoms with E-state index in [2.05, 4.69) is 170 Å². The van der Waals surface area contributed by atoms with Gasteiger partial charge in [0.05, 0.1) is 28.1 Å². The molecular weight excluding hydrogens is 637 g/mol. The molecule has 266 valence electrons. The minimum absolute atomic E-state index is 0.107. The summed E-state index contributed by atoms with van der Waals surface area (Å²) in [6, 6.07) is 30.5. The lowest BCUT2D eigenvalue weighted by atomic mass is 9.86. The SMILES string of the molecule is Cc1cc(C)c(-c2c(C)nn(-c3cc(Oc4ccc5c6ccccc6n(-c6cc(CC(C)C)ccn6)c5c4)cc(C(C)(C)C)c3)c2C(C)C)c(C)c1. The molecule has 0 saturated heterocycles. The van der Waals surface area contributed by atoms with E-state index in [1.54, 1.807) is 0 Å². The first-order valence-corrected chi connectivity index (χ1v) is 18.7. The zero-order valence-electron chi connectivity index (χ0n) is 32.7. The van der Waals surface area contributed by atoms with E-state index < -0.39 is 0 Å². The molecule has 52 heavy (non-hydrogen) atoms. The summed E-state index contributed by atoms with van der Waals surface area (Å²) in [5, 5.41) is 7.61. The molecule has 0 aliphatic carbocycles. The number of para-hydroxylation sites is 1. The van der Waals surface area contributed by atoms with Crippen LogP contribution in [0.4, 0.5) is 0 Å². The smallest absolute Gasteiger partial charge is 0.137 e. The fourth-order valence-electron chi connectivity index (χ4n) is 7.93. The predicted molar refractivity (Wildman–Crippen MR) is 218 cm³/mol. The number of nitrogens with zero attached hydrogens (tertiary/aromatic N) is 4. The van der Waals surface area contributed by atoms with Crippen LogP contribution in [0.15, 0.2) is 91.1 Å². The van der Waals surface area contributed by atoms with Crippen LogP contribution in [0, 0.1) is 33.6 Å². The molecule has 0 saturated carbocycles. The minimum atomic E-state index is -0.107. The number of hydrogen-bond acceptors (Lipinski definition) is 3. The molecule has 0 bridgehead atoms. The third-order valence-electron chi connectivity index (χ3n) is 10.1. The largest absolute Gasteiger partial charge is 0.457 e. The monoisotopic (exact) mass is 688 g/mol. The third-order valence-corrected chi connectivity index (χ3v) is 10.1. The predicted octanol–water partition coefficient (Wildman–Crippen LogP) is 12.7. The highest BCUT2D eigenvalue weighted by Crippen LogP contribution is 2.41. The normalized spacial score (nSPS) is 12.2. The summed E-state index contributed by atoms with van der Waals surface area (Å²) in [4.78, 5) is 4.87. The van der Waals surface area contributed by atoms with Crippen LogP contribution in [0.5, 0.6) is 11.5 Å². The maximum atomic E-state index is 6.85. The first-order valence-electron chi connectivity index (χ1n) is 18.7. The molecule has 4 aromatic carbocycles. The van der Waals surface area contributed by atoms with Crippen LogP contribution < -0.4 is 4.74 Å². The van der Waals surface area contributed by atoms with E-state index in [-0.39, 0.29) is 11.3 Å². The summed E-state index contributed by atoms with van der Waals surface area (Å²) < 4.78 is 11.3. The summed E-state index contributed by atoms with van der Waals surface area (Å²) in [7, 11) is 0. The van der Waals surface area contributed by atoms with Gasteiger partial charge in [-0.1, -0.05) is 84.4 Å². The standard InChI is InChI=1S/C47H52N4O/c1-28(2)20-34-18-19-48-43(23-34)50-41-15-13-12-14-39(41)40-17-16-37(27-42(40)50)52-38-25-35(47(9,10)11)24-36(26-38)51-46(29(3)4)45(33(8)49-51)44-31(6)21-30(5)22-32(44)7/h12-19,21-29H,20H2,1-11H3. The van der Waals surface area contributed by atoms with E-state index in [1.807, 2.05) is 6.20 Å². The number of fused-ring (bicyclic) bond motifs is 3. The molecule has 0 unspecified atom stereocenters. The van der Waals surface area contributed by atoms with Crippen molar-refractivity contribution in [2.24, 2.45) is 5.92 Å². The summed E-state index contributed by atoms with van der Waals surface area (Å²) >= 11 is 0. The van der Waals surface area contributed by atoms with Gasteiger partial charge in [-0.15, -0.1) is 0 Å². The molecule has 7 aromatic rings. The van der Waals surface area contributed by atoms with Gasteiger partial charge in [-0.3, -0.25) is 4.57 Å². The highest BCUT2D eigenvalue weighted by atomic mass is 16.5. The molecule has 0 atom stereocenters. The van der Waals surface area contributed by atoms with Crippen molar-refractivity contribution in [3.8, 4) is 34.1 Å². The van der Waals surface area contributed by atoms with Crippen LogP contribution in [0.25, 0.3) is 44.4 Å². The summed E-state index contributed by atoms with van der Waals surface area (Å²) in [5.41, 5.74) is 14.2. The molecule has 5 nitrogen and oxygen atoms in total. The average Bonchev–Trinajstić information content (AvgIpc) is 3.58. The van der Waals surface area contributed by atoms with Crippen LogP contribution in [-0.2, 0) is 11.8 Å². The Labute approximate surface area is 309 Å². The summed E-state index contributed by atoms with van der Waals surface area (Å²) in [6.45, 7) is 24.6. The Morgan fingerprint density at radius 1 is 0.712 bits per heavy atom. The zero-order valence-corrected chi connectivity index (χ0v) is 32.7. The Bertz CT molecular complexity index is 2430. The molecule has 7 rings (SSSR count). The molecule has 5 heteroatoms. The molecule has 0 N–H and O–H groups in total. The van der Waals surface area contributed by atoms with E-state index in [0.717, 1.165) is 46.2 Å². The van der Waals surface area contributed by atoms with Crippen molar-refractivity contribution in [2.75, 3.05) is 0 Å². The highest BCUT2D eigenvalue weighted by molar-refractivity contribution is 6.09. The number of hydrogen-bond donors (Lipinski definition) is 0. The van der Waals surface area contributed by atoms with Crippen molar-refractivity contribution in [3.63, 3.8) is 0 Å². The van der Waals surface area contributed by atoms with E-state index in [1.165, 1.54) is 55.4 Å². The molecule has 0 aliphatic rings. The van der Waals surface area contributed by atoms with E-state index in [9.17, 15) is 0 Å². The molecule has 0 spiro atoms. The molecule has 0 aliphatic heterocycles. The fourth-order valence-corrected chi connectivity index (χ4v) is 7.93. The van der Waals surface area contributed by atoms with Gasteiger partial charge in [-0.2, -0.15) is 5.10 Å². The lowest BCUT2D eigenvalue weighted by Crippen LogP contribution is -2.13. The maximum absolute atomic E-state index is 6.85. The van der Waals surface area contributed by atoms with Gasteiger partial charge in [0.1, 0.15) is 17.3 Å². The molecule has 3 aromatic heterocycles. The Hall–Kier alpha value is -5.16. The summed E-state index contributed by atoms with van der Waals surface area (Å²) in [6.07, 6.45) is 2.94. The maximum Gasteiger partial charge on any atom is 0.137 e. The number of rotatable bonds is 8. The van der Waals surface area contributed by atoms with Gasteiger partial charge in [-0.05, 0) is 122 Å². The molecule has 0 radical (unpaired) electrons. The van der Waals surface area contributed by atoms with Crippen molar-refractivity contribution >= 4 is 21.8 Å². The van der Waals surface area contributed by atoms with Crippen molar-refractivity contribution in [3.05, 3.63) is 130 Å².